The summed E-state index contributed by atoms with van der Waals surface area (Å²) >= 11 is 0. The van der Waals surface area contributed by atoms with Gasteiger partial charge in [-0.2, -0.15) is 0 Å². The van der Waals surface area contributed by atoms with Crippen LogP contribution in [0.4, 0.5) is 17.1 Å². The summed E-state index contributed by atoms with van der Waals surface area (Å²) in [6.07, 6.45) is 0. The summed E-state index contributed by atoms with van der Waals surface area (Å²) in [6.45, 7) is 0. The van der Waals surface area contributed by atoms with Gasteiger partial charge in [0.25, 0.3) is 0 Å². The van der Waals surface area contributed by atoms with Crippen molar-refractivity contribution in [3.05, 3.63) is 170 Å². The normalized spacial score (nSPS) is 11.6. The lowest BCUT2D eigenvalue weighted by Gasteiger charge is -2.25. The van der Waals surface area contributed by atoms with Gasteiger partial charge >= 0.3 is 0 Å². The van der Waals surface area contributed by atoms with Crippen LogP contribution in [0.1, 0.15) is 0 Å². The van der Waals surface area contributed by atoms with Crippen LogP contribution in [0.25, 0.3) is 60.6 Å². The van der Waals surface area contributed by atoms with E-state index < -0.39 is 0 Å². The predicted octanol–water partition coefficient (Wildman–Crippen LogP) is 11.8. The summed E-state index contributed by atoms with van der Waals surface area (Å²) in [7, 11) is 0. The molecule has 0 atom stereocenters. The Morgan fingerprint density at radius 1 is 0.378 bits per heavy atom. The summed E-state index contributed by atoms with van der Waals surface area (Å²) in [5, 5.41) is 4.77. The van der Waals surface area contributed by atoms with E-state index >= 15 is 0 Å². The van der Waals surface area contributed by atoms with E-state index in [0.29, 0.717) is 0 Å². The first-order valence-electron chi connectivity index (χ1n) is 15.3. The highest BCUT2D eigenvalue weighted by atomic mass is 16.3. The molecule has 9 aromatic rings. The van der Waals surface area contributed by atoms with E-state index in [1.54, 1.807) is 0 Å². The van der Waals surface area contributed by atoms with Crippen LogP contribution in [0.5, 0.6) is 0 Å². The van der Waals surface area contributed by atoms with Crippen LogP contribution in [-0.2, 0) is 0 Å². The average Bonchev–Trinajstić information content (AvgIpc) is 3.65. The molecule has 2 heterocycles. The maximum absolute atomic E-state index is 6.26. The minimum atomic E-state index is 0.884. The largest absolute Gasteiger partial charge is 0.456 e. The third-order valence-corrected chi connectivity index (χ3v) is 8.78. The van der Waals surface area contributed by atoms with Crippen molar-refractivity contribution in [2.45, 2.75) is 0 Å². The van der Waals surface area contributed by atoms with Crippen molar-refractivity contribution < 1.29 is 4.42 Å². The van der Waals surface area contributed by atoms with Gasteiger partial charge in [-0.1, -0.05) is 91.0 Å². The molecule has 0 radical (unpaired) electrons. The minimum absolute atomic E-state index is 0.884. The van der Waals surface area contributed by atoms with Gasteiger partial charge in [0, 0.05) is 50.4 Å². The van der Waals surface area contributed by atoms with E-state index in [0.717, 1.165) is 39.0 Å². The number of fused-ring (bicyclic) bond motifs is 6. The van der Waals surface area contributed by atoms with Gasteiger partial charge in [-0.15, -0.1) is 0 Å². The van der Waals surface area contributed by atoms with Crippen LogP contribution in [0.2, 0.25) is 0 Å². The molecule has 0 amide bonds. The Labute approximate surface area is 260 Å². The van der Waals surface area contributed by atoms with E-state index in [2.05, 4.69) is 167 Å². The Balaban J connectivity index is 1.14. The van der Waals surface area contributed by atoms with Gasteiger partial charge in [-0.3, -0.25) is 0 Å². The predicted molar refractivity (Wildman–Crippen MR) is 188 cm³/mol. The van der Waals surface area contributed by atoms with Crippen LogP contribution in [0, 0.1) is 0 Å². The molecule has 3 heteroatoms. The second-order valence-electron chi connectivity index (χ2n) is 11.4. The first-order chi connectivity index (χ1) is 22.3. The van der Waals surface area contributed by atoms with Crippen molar-refractivity contribution in [2.24, 2.45) is 0 Å². The fraction of sp³-hybridized carbons (Fsp3) is 0. The molecular formula is C42H28N2O. The van der Waals surface area contributed by atoms with E-state index in [9.17, 15) is 0 Å². The molecule has 0 saturated heterocycles. The monoisotopic (exact) mass is 576 g/mol. The maximum atomic E-state index is 6.26. The van der Waals surface area contributed by atoms with Crippen LogP contribution < -0.4 is 4.90 Å². The first-order valence-corrected chi connectivity index (χ1v) is 15.3. The Morgan fingerprint density at radius 3 is 1.80 bits per heavy atom. The smallest absolute Gasteiger partial charge is 0.137 e. The molecule has 212 valence electrons. The second kappa shape index (κ2) is 10.3. The number of aromatic nitrogens is 1. The number of furan rings is 1. The fourth-order valence-electron chi connectivity index (χ4n) is 6.69. The summed E-state index contributed by atoms with van der Waals surface area (Å²) in [6, 6.07) is 60.2. The molecule has 7 aromatic carbocycles. The molecule has 0 fully saturated rings. The lowest BCUT2D eigenvalue weighted by atomic mass is 10.0. The molecule has 2 aromatic heterocycles. The van der Waals surface area contributed by atoms with Crippen molar-refractivity contribution in [1.82, 2.24) is 4.57 Å². The number of hydrogen-bond acceptors (Lipinski definition) is 2. The maximum Gasteiger partial charge on any atom is 0.137 e. The Hall–Kier alpha value is -6.06. The zero-order valence-electron chi connectivity index (χ0n) is 24.5. The molecule has 0 unspecified atom stereocenters. The van der Waals surface area contributed by atoms with E-state index in [1.807, 2.05) is 12.1 Å². The molecular weight excluding hydrogens is 548 g/mol. The van der Waals surface area contributed by atoms with Crippen LogP contribution in [-0.4, -0.2) is 4.57 Å². The first kappa shape index (κ1) is 25.4. The third kappa shape index (κ3) is 4.21. The molecule has 0 aliphatic heterocycles. The van der Waals surface area contributed by atoms with Crippen LogP contribution >= 0.6 is 0 Å². The topological polar surface area (TPSA) is 21.3 Å². The van der Waals surface area contributed by atoms with Crippen LogP contribution in [0.3, 0.4) is 0 Å². The zero-order chi connectivity index (χ0) is 29.7. The summed E-state index contributed by atoms with van der Waals surface area (Å²) in [4.78, 5) is 2.28. The summed E-state index contributed by atoms with van der Waals surface area (Å²) < 4.78 is 8.61. The van der Waals surface area contributed by atoms with Gasteiger partial charge in [0.05, 0.1) is 11.0 Å². The lowest BCUT2D eigenvalue weighted by molar-refractivity contribution is 0.669. The van der Waals surface area contributed by atoms with E-state index in [-0.39, 0.29) is 0 Å². The molecule has 0 spiro atoms. The Morgan fingerprint density at radius 2 is 0.978 bits per heavy atom. The van der Waals surface area contributed by atoms with Crippen molar-refractivity contribution in [3.63, 3.8) is 0 Å². The van der Waals surface area contributed by atoms with Crippen molar-refractivity contribution >= 4 is 60.8 Å². The molecule has 0 N–H and O–H groups in total. The van der Waals surface area contributed by atoms with Gasteiger partial charge in [0.1, 0.15) is 11.2 Å². The second-order valence-corrected chi connectivity index (χ2v) is 11.4. The Bertz CT molecular complexity index is 2470. The molecule has 0 saturated carbocycles. The number of rotatable bonds is 5. The van der Waals surface area contributed by atoms with Crippen molar-refractivity contribution in [1.29, 1.82) is 0 Å². The van der Waals surface area contributed by atoms with E-state index in [4.69, 9.17) is 4.42 Å². The highest BCUT2D eigenvalue weighted by Crippen LogP contribution is 2.40. The quantitative estimate of drug-likeness (QED) is 0.203. The highest BCUT2D eigenvalue weighted by molar-refractivity contribution is 6.10. The average molecular weight is 577 g/mol. The molecule has 0 aliphatic rings. The molecule has 9 rings (SSSR count). The van der Waals surface area contributed by atoms with Gasteiger partial charge in [0.15, 0.2) is 0 Å². The number of benzene rings is 7. The SMILES string of the molecule is c1ccc(N(c2ccc(-c3ccc4c(c3)c3ccccc3n4-c3ccccc3)cc2)c2ccc3c(c2)oc2ccccc23)cc1. The van der Waals surface area contributed by atoms with Gasteiger partial charge in [0.2, 0.25) is 0 Å². The number of hydrogen-bond donors (Lipinski definition) is 0. The molecule has 0 aliphatic carbocycles. The number of anilines is 3. The number of para-hydroxylation sites is 4. The standard InChI is InChI=1S/C42H28N2O/c1-3-11-31(12-4-1)43(34-24-25-37-36-16-8-10-18-41(36)45-42(37)28-34)33-22-19-29(20-23-33)30-21-26-40-38(27-30)35-15-7-9-17-39(35)44(40)32-13-5-2-6-14-32/h1-28H. The third-order valence-electron chi connectivity index (χ3n) is 8.78. The summed E-state index contributed by atoms with van der Waals surface area (Å²) in [5.74, 6) is 0. The Kier molecular flexibility index (Phi) is 5.82. The molecule has 3 nitrogen and oxygen atoms in total. The van der Waals surface area contributed by atoms with E-state index in [1.165, 1.54) is 38.6 Å². The zero-order valence-corrected chi connectivity index (χ0v) is 24.5. The van der Waals surface area contributed by atoms with Gasteiger partial charge < -0.3 is 13.9 Å². The van der Waals surface area contributed by atoms with Gasteiger partial charge in [-0.25, -0.2) is 0 Å². The van der Waals surface area contributed by atoms with Crippen LogP contribution in [0.15, 0.2) is 174 Å². The lowest BCUT2D eigenvalue weighted by Crippen LogP contribution is -2.09. The molecule has 45 heavy (non-hydrogen) atoms. The van der Waals surface area contributed by atoms with Crippen molar-refractivity contribution in [2.75, 3.05) is 4.90 Å². The minimum Gasteiger partial charge on any atom is -0.456 e. The fourth-order valence-corrected chi connectivity index (χ4v) is 6.69. The number of nitrogens with zero attached hydrogens (tertiary/aromatic N) is 2. The highest BCUT2D eigenvalue weighted by Gasteiger charge is 2.16. The van der Waals surface area contributed by atoms with Gasteiger partial charge in [-0.05, 0) is 83.9 Å². The molecule has 0 bridgehead atoms. The summed E-state index contributed by atoms with van der Waals surface area (Å²) in [5.41, 5.74) is 11.0. The van der Waals surface area contributed by atoms with Crippen molar-refractivity contribution in [3.8, 4) is 16.8 Å².